The first kappa shape index (κ1) is 11.4. The molecule has 0 aliphatic rings. The van der Waals surface area contributed by atoms with Gasteiger partial charge in [-0.15, -0.1) is 0 Å². The van der Waals surface area contributed by atoms with Gasteiger partial charge in [-0.2, -0.15) is 0 Å². The minimum Gasteiger partial charge on any atom is -0.293 e. The second-order valence-electron chi connectivity index (χ2n) is 2.77. The Kier molecular flexibility index (Phi) is 4.79. The molecule has 0 saturated carbocycles. The van der Waals surface area contributed by atoms with Crippen molar-refractivity contribution < 1.29 is 4.39 Å². The molecule has 0 aliphatic heterocycles. The van der Waals surface area contributed by atoms with E-state index in [2.05, 4.69) is 27.6 Å². The van der Waals surface area contributed by atoms with Gasteiger partial charge >= 0.3 is 0 Å². The van der Waals surface area contributed by atoms with Gasteiger partial charge in [0, 0.05) is 10.6 Å². The summed E-state index contributed by atoms with van der Waals surface area (Å²) in [6.07, 6.45) is 3.36. The van der Waals surface area contributed by atoms with E-state index in [-0.39, 0.29) is 5.83 Å². The molecule has 3 heteroatoms. The quantitative estimate of drug-likeness (QED) is 0.599. The van der Waals surface area contributed by atoms with Crippen LogP contribution in [0.5, 0.6) is 0 Å². The van der Waals surface area contributed by atoms with Crippen LogP contribution in [-0.4, -0.2) is 13.3 Å². The Morgan fingerprint density at radius 1 is 1.50 bits per heavy atom. The minimum atomic E-state index is -0.285. The lowest BCUT2D eigenvalue weighted by atomic mass is 10.1. The summed E-state index contributed by atoms with van der Waals surface area (Å²) in [6, 6.07) is 7.93. The molecule has 0 atom stereocenters. The number of benzene rings is 1. The van der Waals surface area contributed by atoms with Gasteiger partial charge in [-0.3, -0.25) is 4.99 Å². The summed E-state index contributed by atoms with van der Waals surface area (Å²) in [6.45, 7) is 0. The van der Waals surface area contributed by atoms with Crippen molar-refractivity contribution in [2.24, 2.45) is 4.99 Å². The van der Waals surface area contributed by atoms with Crippen LogP contribution in [0.15, 0.2) is 41.2 Å². The molecule has 0 spiro atoms. The van der Waals surface area contributed by atoms with E-state index in [0.29, 0.717) is 6.42 Å². The van der Waals surface area contributed by atoms with Crippen molar-refractivity contribution in [1.82, 2.24) is 0 Å². The second-order valence-corrected chi connectivity index (χ2v) is 3.93. The SMILES string of the molecule is CN=CC(F)=CCc1ccccc1I. The molecule has 74 valence electrons. The van der Waals surface area contributed by atoms with Gasteiger partial charge in [0.15, 0.2) is 0 Å². The first-order valence-corrected chi connectivity index (χ1v) is 5.33. The lowest BCUT2D eigenvalue weighted by Gasteiger charge is -1.99. The number of aliphatic imine (C=N–C) groups is 1. The third-order valence-electron chi connectivity index (χ3n) is 1.73. The Morgan fingerprint density at radius 2 is 2.21 bits per heavy atom. The van der Waals surface area contributed by atoms with Gasteiger partial charge in [0.1, 0.15) is 5.83 Å². The molecule has 0 aromatic heterocycles. The fraction of sp³-hybridized carbons (Fsp3) is 0.182. The third kappa shape index (κ3) is 3.57. The van der Waals surface area contributed by atoms with Crippen LogP contribution in [0.2, 0.25) is 0 Å². The van der Waals surface area contributed by atoms with E-state index in [1.807, 2.05) is 24.3 Å². The van der Waals surface area contributed by atoms with E-state index in [9.17, 15) is 4.39 Å². The average Bonchev–Trinajstić information content (AvgIpc) is 2.17. The Balaban J connectivity index is 2.71. The molecule has 0 heterocycles. The summed E-state index contributed by atoms with van der Waals surface area (Å²) in [4.78, 5) is 3.60. The summed E-state index contributed by atoms with van der Waals surface area (Å²) in [7, 11) is 1.56. The van der Waals surface area contributed by atoms with Gasteiger partial charge in [0.2, 0.25) is 0 Å². The Labute approximate surface area is 96.9 Å². The van der Waals surface area contributed by atoms with Crippen molar-refractivity contribution in [3.05, 3.63) is 45.3 Å². The standard InChI is InChI=1S/C11H11FIN/c1-14-8-10(12)7-6-9-4-2-3-5-11(9)13/h2-5,7-8H,6H2,1H3. The van der Waals surface area contributed by atoms with E-state index >= 15 is 0 Å². The van der Waals surface area contributed by atoms with E-state index in [1.165, 1.54) is 12.3 Å². The van der Waals surface area contributed by atoms with Crippen molar-refractivity contribution >= 4 is 28.8 Å². The minimum absolute atomic E-state index is 0.285. The average molecular weight is 303 g/mol. The molecule has 0 amide bonds. The number of rotatable bonds is 3. The van der Waals surface area contributed by atoms with Gasteiger partial charge in [0.05, 0.1) is 6.21 Å². The lowest BCUT2D eigenvalue weighted by molar-refractivity contribution is 0.681. The molecule has 0 saturated heterocycles. The van der Waals surface area contributed by atoms with E-state index in [1.54, 1.807) is 7.05 Å². The van der Waals surface area contributed by atoms with Gasteiger partial charge < -0.3 is 0 Å². The highest BCUT2D eigenvalue weighted by Crippen LogP contribution is 2.13. The summed E-state index contributed by atoms with van der Waals surface area (Å²) in [5.41, 5.74) is 1.13. The number of hydrogen-bond donors (Lipinski definition) is 0. The molecule has 1 nitrogen and oxygen atoms in total. The smallest absolute Gasteiger partial charge is 0.137 e. The van der Waals surface area contributed by atoms with Crippen LogP contribution < -0.4 is 0 Å². The maximum absolute atomic E-state index is 12.9. The molecule has 0 fully saturated rings. The molecule has 1 aromatic rings. The molecule has 1 rings (SSSR count). The maximum atomic E-state index is 12.9. The first-order valence-electron chi connectivity index (χ1n) is 4.25. The monoisotopic (exact) mass is 303 g/mol. The fourth-order valence-corrected chi connectivity index (χ4v) is 1.66. The van der Waals surface area contributed by atoms with E-state index < -0.39 is 0 Å². The van der Waals surface area contributed by atoms with Crippen LogP contribution in [0.3, 0.4) is 0 Å². The molecule has 1 aromatic carbocycles. The topological polar surface area (TPSA) is 12.4 Å². The summed E-state index contributed by atoms with van der Waals surface area (Å²) < 4.78 is 14.1. The number of nitrogens with zero attached hydrogens (tertiary/aromatic N) is 1. The molecule has 14 heavy (non-hydrogen) atoms. The molecular weight excluding hydrogens is 292 g/mol. The maximum Gasteiger partial charge on any atom is 0.137 e. The zero-order valence-corrected chi connectivity index (χ0v) is 10.0. The number of allylic oxidation sites excluding steroid dienone is 2. The summed E-state index contributed by atoms with van der Waals surface area (Å²) in [5, 5.41) is 0. The van der Waals surface area contributed by atoms with Crippen LogP contribution in [0.1, 0.15) is 5.56 Å². The highest BCUT2D eigenvalue weighted by Gasteiger charge is 1.96. The van der Waals surface area contributed by atoms with Crippen molar-refractivity contribution in [3.8, 4) is 0 Å². The second kappa shape index (κ2) is 5.90. The largest absolute Gasteiger partial charge is 0.293 e. The van der Waals surface area contributed by atoms with Crippen LogP contribution in [-0.2, 0) is 6.42 Å². The molecule has 0 radical (unpaired) electrons. The van der Waals surface area contributed by atoms with Gasteiger partial charge in [0.25, 0.3) is 0 Å². The first-order chi connectivity index (χ1) is 6.74. The van der Waals surface area contributed by atoms with Crippen molar-refractivity contribution in [2.45, 2.75) is 6.42 Å². The lowest BCUT2D eigenvalue weighted by Crippen LogP contribution is -1.87. The predicted molar refractivity (Wildman–Crippen MR) is 66.5 cm³/mol. The van der Waals surface area contributed by atoms with E-state index in [0.717, 1.165) is 9.13 Å². The molecular formula is C11H11FIN. The van der Waals surface area contributed by atoms with Gasteiger partial charge in [-0.25, -0.2) is 4.39 Å². The summed E-state index contributed by atoms with van der Waals surface area (Å²) >= 11 is 2.24. The van der Waals surface area contributed by atoms with Crippen molar-refractivity contribution in [1.29, 1.82) is 0 Å². The Hall–Kier alpha value is -0.710. The molecule has 0 bridgehead atoms. The Morgan fingerprint density at radius 3 is 2.86 bits per heavy atom. The molecule has 0 N–H and O–H groups in total. The number of halogens is 2. The van der Waals surface area contributed by atoms with Crippen LogP contribution in [0, 0.1) is 3.57 Å². The normalized spacial score (nSPS) is 12.4. The van der Waals surface area contributed by atoms with Crippen molar-refractivity contribution in [3.63, 3.8) is 0 Å². The van der Waals surface area contributed by atoms with Gasteiger partial charge in [-0.1, -0.05) is 18.2 Å². The predicted octanol–water partition coefficient (Wildman–Crippen LogP) is 3.39. The zero-order chi connectivity index (χ0) is 10.4. The highest BCUT2D eigenvalue weighted by atomic mass is 127. The van der Waals surface area contributed by atoms with Crippen LogP contribution in [0.4, 0.5) is 4.39 Å². The van der Waals surface area contributed by atoms with Gasteiger partial charge in [-0.05, 0) is 46.7 Å². The fourth-order valence-electron chi connectivity index (χ4n) is 1.05. The summed E-state index contributed by atoms with van der Waals surface area (Å²) in [5.74, 6) is -0.285. The van der Waals surface area contributed by atoms with E-state index in [4.69, 9.17) is 0 Å². The Bertz CT molecular complexity index is 358. The van der Waals surface area contributed by atoms with Crippen LogP contribution >= 0.6 is 22.6 Å². The van der Waals surface area contributed by atoms with Crippen molar-refractivity contribution in [2.75, 3.05) is 7.05 Å². The number of hydrogen-bond acceptors (Lipinski definition) is 1. The third-order valence-corrected chi connectivity index (χ3v) is 2.78. The highest BCUT2D eigenvalue weighted by molar-refractivity contribution is 14.1. The van der Waals surface area contributed by atoms with Crippen LogP contribution in [0.25, 0.3) is 0 Å². The zero-order valence-electron chi connectivity index (χ0n) is 7.87. The molecule has 0 aliphatic carbocycles. The molecule has 0 unspecified atom stereocenters.